The van der Waals surface area contributed by atoms with Crippen LogP contribution >= 0.6 is 35.0 Å². The van der Waals surface area contributed by atoms with E-state index in [4.69, 9.17) is 28.9 Å². The molecule has 0 saturated carbocycles. The Bertz CT molecular complexity index is 646. The molecule has 1 aromatic carbocycles. The fraction of sp³-hybridized carbons (Fsp3) is 0.0833. The van der Waals surface area contributed by atoms with Gasteiger partial charge in [-0.15, -0.1) is 0 Å². The van der Waals surface area contributed by atoms with Crippen molar-refractivity contribution >= 4 is 58.1 Å². The average molecular weight is 331 g/mol. The third-order valence-corrected chi connectivity index (χ3v) is 4.08. The number of nitrogens with two attached hydrogens (primary N) is 1. The van der Waals surface area contributed by atoms with Crippen LogP contribution in [0.5, 0.6) is 0 Å². The van der Waals surface area contributed by atoms with Gasteiger partial charge in [-0.2, -0.15) is 0 Å². The molecule has 0 atom stereocenters. The van der Waals surface area contributed by atoms with Gasteiger partial charge >= 0.3 is 0 Å². The quantitative estimate of drug-likeness (QED) is 0.863. The Labute approximate surface area is 128 Å². The van der Waals surface area contributed by atoms with Gasteiger partial charge in [0, 0.05) is 0 Å². The number of carbonyl (C=O) groups excluding carboxylic acids is 3. The van der Waals surface area contributed by atoms with Crippen LogP contribution in [0, 0.1) is 0 Å². The first-order valence-corrected chi connectivity index (χ1v) is 6.94. The van der Waals surface area contributed by atoms with E-state index in [2.05, 4.69) is 0 Å². The lowest BCUT2D eigenvalue weighted by molar-refractivity contribution is -0.127. The Morgan fingerprint density at radius 1 is 1.30 bits per heavy atom. The van der Waals surface area contributed by atoms with E-state index < -0.39 is 23.6 Å². The molecule has 0 radical (unpaired) electrons. The van der Waals surface area contributed by atoms with Crippen molar-refractivity contribution in [3.05, 3.63) is 38.7 Å². The first-order chi connectivity index (χ1) is 9.38. The number of thioether (sulfide) groups is 1. The van der Waals surface area contributed by atoms with Gasteiger partial charge in [0.15, 0.2) is 0 Å². The second-order valence-corrected chi connectivity index (χ2v) is 5.72. The molecule has 1 aromatic rings. The fourth-order valence-electron chi connectivity index (χ4n) is 1.55. The number of nitrogens with zero attached hydrogens (tertiary/aromatic N) is 1. The molecule has 8 heteroatoms. The first kappa shape index (κ1) is 14.9. The average Bonchev–Trinajstić information content (AvgIpc) is 2.61. The summed E-state index contributed by atoms with van der Waals surface area (Å²) in [6.45, 7) is -0.427. The molecule has 3 amide bonds. The minimum Gasteiger partial charge on any atom is -0.368 e. The van der Waals surface area contributed by atoms with Crippen molar-refractivity contribution in [3.8, 4) is 0 Å². The third-order valence-electron chi connectivity index (χ3n) is 2.43. The normalized spacial score (nSPS) is 17.1. The molecule has 104 valence electrons. The second kappa shape index (κ2) is 5.87. The standard InChI is InChI=1S/C12H8Cl2N2O3S/c13-7-2-1-6(3-8(7)14)4-9-11(18)16(5-10(15)17)12(19)20-9/h1-4H,5H2,(H2,15,17)/b9-4-. The molecule has 20 heavy (non-hydrogen) atoms. The van der Waals surface area contributed by atoms with E-state index in [1.807, 2.05) is 0 Å². The molecule has 2 rings (SSSR count). The van der Waals surface area contributed by atoms with Crippen LogP contribution in [0.3, 0.4) is 0 Å². The van der Waals surface area contributed by atoms with Crippen LogP contribution < -0.4 is 5.73 Å². The van der Waals surface area contributed by atoms with E-state index in [1.165, 1.54) is 6.08 Å². The molecule has 0 aliphatic carbocycles. The van der Waals surface area contributed by atoms with Crippen molar-refractivity contribution in [2.45, 2.75) is 0 Å². The predicted molar refractivity (Wildman–Crippen MR) is 78.3 cm³/mol. The number of hydrogen-bond donors (Lipinski definition) is 1. The van der Waals surface area contributed by atoms with Gasteiger partial charge in [0.05, 0.1) is 15.0 Å². The number of hydrogen-bond acceptors (Lipinski definition) is 4. The lowest BCUT2D eigenvalue weighted by Gasteiger charge is -2.08. The van der Waals surface area contributed by atoms with Gasteiger partial charge in [0.1, 0.15) is 6.54 Å². The summed E-state index contributed by atoms with van der Waals surface area (Å²) < 4.78 is 0. The topological polar surface area (TPSA) is 80.5 Å². The zero-order chi connectivity index (χ0) is 14.9. The van der Waals surface area contributed by atoms with Gasteiger partial charge in [0.25, 0.3) is 11.1 Å². The van der Waals surface area contributed by atoms with Gasteiger partial charge < -0.3 is 5.73 Å². The van der Waals surface area contributed by atoms with Crippen LogP contribution in [0.15, 0.2) is 23.1 Å². The number of rotatable bonds is 3. The maximum Gasteiger partial charge on any atom is 0.294 e. The van der Waals surface area contributed by atoms with Gasteiger partial charge in [-0.3, -0.25) is 19.3 Å². The lowest BCUT2D eigenvalue weighted by atomic mass is 10.2. The molecular formula is C12H8Cl2N2O3S. The molecule has 5 nitrogen and oxygen atoms in total. The van der Waals surface area contributed by atoms with Crippen molar-refractivity contribution in [1.29, 1.82) is 0 Å². The van der Waals surface area contributed by atoms with Crippen molar-refractivity contribution in [2.24, 2.45) is 5.73 Å². The van der Waals surface area contributed by atoms with Crippen LogP contribution in [0.1, 0.15) is 5.56 Å². The Kier molecular flexibility index (Phi) is 4.37. The molecule has 1 fully saturated rings. The zero-order valence-corrected chi connectivity index (χ0v) is 12.3. The Balaban J connectivity index is 2.27. The van der Waals surface area contributed by atoms with E-state index in [1.54, 1.807) is 18.2 Å². The molecule has 0 unspecified atom stereocenters. The van der Waals surface area contributed by atoms with Crippen LogP contribution in [-0.2, 0) is 9.59 Å². The molecule has 0 spiro atoms. The third kappa shape index (κ3) is 3.15. The molecule has 2 N–H and O–H groups in total. The van der Waals surface area contributed by atoms with Crippen molar-refractivity contribution in [1.82, 2.24) is 4.90 Å². The molecule has 0 bridgehead atoms. The molecule has 1 heterocycles. The minimum absolute atomic E-state index is 0.203. The second-order valence-electron chi connectivity index (χ2n) is 3.91. The molecular weight excluding hydrogens is 323 g/mol. The Morgan fingerprint density at radius 2 is 2.00 bits per heavy atom. The number of halogens is 2. The van der Waals surface area contributed by atoms with E-state index in [9.17, 15) is 14.4 Å². The fourth-order valence-corrected chi connectivity index (χ4v) is 2.69. The van der Waals surface area contributed by atoms with Gasteiger partial charge in [-0.05, 0) is 35.5 Å². The van der Waals surface area contributed by atoms with Crippen LogP contribution in [-0.4, -0.2) is 28.5 Å². The highest BCUT2D eigenvalue weighted by atomic mass is 35.5. The molecule has 0 aromatic heterocycles. The summed E-state index contributed by atoms with van der Waals surface area (Å²) in [7, 11) is 0. The molecule has 1 saturated heterocycles. The first-order valence-electron chi connectivity index (χ1n) is 5.37. The molecule has 1 aliphatic rings. The monoisotopic (exact) mass is 330 g/mol. The maximum absolute atomic E-state index is 12.0. The summed E-state index contributed by atoms with van der Waals surface area (Å²) in [5.41, 5.74) is 5.61. The number of benzene rings is 1. The Morgan fingerprint density at radius 3 is 2.60 bits per heavy atom. The minimum atomic E-state index is -0.747. The SMILES string of the molecule is NC(=O)CN1C(=O)S/C(=C\c2ccc(Cl)c(Cl)c2)C1=O. The number of primary amides is 1. The van der Waals surface area contributed by atoms with E-state index >= 15 is 0 Å². The predicted octanol–water partition coefficient (Wildman–Crippen LogP) is 2.52. The summed E-state index contributed by atoms with van der Waals surface area (Å²) in [5.74, 6) is -1.30. The highest BCUT2D eigenvalue weighted by molar-refractivity contribution is 8.18. The zero-order valence-electron chi connectivity index (χ0n) is 9.93. The largest absolute Gasteiger partial charge is 0.368 e. The van der Waals surface area contributed by atoms with E-state index in [0.29, 0.717) is 15.6 Å². The van der Waals surface area contributed by atoms with Crippen molar-refractivity contribution in [2.75, 3.05) is 6.54 Å². The smallest absolute Gasteiger partial charge is 0.294 e. The summed E-state index contributed by atoms with van der Waals surface area (Å²) in [5, 5.41) is 0.211. The van der Waals surface area contributed by atoms with Crippen LogP contribution in [0.4, 0.5) is 4.79 Å². The highest BCUT2D eigenvalue weighted by Gasteiger charge is 2.35. The highest BCUT2D eigenvalue weighted by Crippen LogP contribution is 2.33. The Hall–Kier alpha value is -1.50. The maximum atomic E-state index is 12.0. The number of imide groups is 1. The van der Waals surface area contributed by atoms with Gasteiger partial charge in [0.2, 0.25) is 5.91 Å². The van der Waals surface area contributed by atoms with E-state index in [-0.39, 0.29) is 4.91 Å². The van der Waals surface area contributed by atoms with Crippen LogP contribution in [0.25, 0.3) is 6.08 Å². The van der Waals surface area contributed by atoms with Gasteiger partial charge in [-0.1, -0.05) is 29.3 Å². The summed E-state index contributed by atoms with van der Waals surface area (Å²) in [6.07, 6.45) is 1.51. The van der Waals surface area contributed by atoms with Crippen molar-refractivity contribution in [3.63, 3.8) is 0 Å². The van der Waals surface area contributed by atoms with Crippen molar-refractivity contribution < 1.29 is 14.4 Å². The molecule has 1 aliphatic heterocycles. The number of carbonyl (C=O) groups is 3. The summed E-state index contributed by atoms with van der Waals surface area (Å²) >= 11 is 12.4. The number of amides is 3. The summed E-state index contributed by atoms with van der Waals surface area (Å²) in [6, 6.07) is 4.82. The van der Waals surface area contributed by atoms with E-state index in [0.717, 1.165) is 16.7 Å². The van der Waals surface area contributed by atoms with Crippen LogP contribution in [0.2, 0.25) is 10.0 Å². The van der Waals surface area contributed by atoms with Gasteiger partial charge in [-0.25, -0.2) is 0 Å². The summed E-state index contributed by atoms with van der Waals surface area (Å²) in [4.78, 5) is 35.4. The lowest BCUT2D eigenvalue weighted by Crippen LogP contribution is -2.36.